The van der Waals surface area contributed by atoms with Crippen molar-refractivity contribution < 1.29 is 14.6 Å². The van der Waals surface area contributed by atoms with Gasteiger partial charge < -0.3 is 14.7 Å². The molecule has 1 aliphatic heterocycles. The average Bonchev–Trinajstić information content (AvgIpc) is 2.49. The second kappa shape index (κ2) is 14.1. The van der Waals surface area contributed by atoms with E-state index >= 15 is 0 Å². The van der Waals surface area contributed by atoms with E-state index in [1.54, 1.807) is 11.0 Å². The number of aliphatic hydroxyl groups excluding tert-OH is 1. The van der Waals surface area contributed by atoms with Gasteiger partial charge >= 0.3 is 6.09 Å². The van der Waals surface area contributed by atoms with Crippen LogP contribution in [0.15, 0.2) is 37.0 Å². The zero-order valence-corrected chi connectivity index (χ0v) is 15.7. The molecule has 134 valence electrons. The van der Waals surface area contributed by atoms with Gasteiger partial charge in [0.25, 0.3) is 0 Å². The summed E-state index contributed by atoms with van der Waals surface area (Å²) in [5.74, 6) is 0. The molecule has 1 amide bonds. The summed E-state index contributed by atoms with van der Waals surface area (Å²) in [6.45, 7) is 16.1. The average molecular weight is 325 g/mol. The highest BCUT2D eigenvalue weighted by Gasteiger charge is 2.26. The van der Waals surface area contributed by atoms with Gasteiger partial charge in [-0.05, 0) is 40.5 Å². The number of ether oxygens (including phenoxy) is 1. The van der Waals surface area contributed by atoms with Gasteiger partial charge in [-0.3, -0.25) is 0 Å². The summed E-state index contributed by atoms with van der Waals surface area (Å²) >= 11 is 0. The molecule has 1 saturated heterocycles. The molecule has 0 aromatic carbocycles. The van der Waals surface area contributed by atoms with E-state index in [1.807, 2.05) is 65.8 Å². The standard InChI is InChI=1S/C10H19NO3.C7H10.C2H6/c1-10(2,3)14-9(13)11-6-4-5-8(12)7-11;1-3-5-7-6-4-2;1-2/h8,12H,4-7H2,1-3H3;3-7H,1H2,2H3;1-2H3/b;6-4-,7-5-;. The Labute approximate surface area is 142 Å². The van der Waals surface area contributed by atoms with Gasteiger partial charge in [-0.1, -0.05) is 50.8 Å². The lowest BCUT2D eigenvalue weighted by Crippen LogP contribution is -2.44. The molecule has 0 radical (unpaired) electrons. The highest BCUT2D eigenvalue weighted by Crippen LogP contribution is 2.14. The van der Waals surface area contributed by atoms with Crippen molar-refractivity contribution in [3.05, 3.63) is 37.0 Å². The first-order valence-corrected chi connectivity index (χ1v) is 8.36. The van der Waals surface area contributed by atoms with Gasteiger partial charge in [0, 0.05) is 13.1 Å². The van der Waals surface area contributed by atoms with Crippen molar-refractivity contribution in [1.29, 1.82) is 0 Å². The fourth-order valence-corrected chi connectivity index (χ4v) is 1.70. The second-order valence-corrected chi connectivity index (χ2v) is 5.87. The number of carbonyl (C=O) groups excluding carboxylic acids is 1. The van der Waals surface area contributed by atoms with Crippen molar-refractivity contribution in [2.75, 3.05) is 13.1 Å². The fourth-order valence-electron chi connectivity index (χ4n) is 1.70. The van der Waals surface area contributed by atoms with Crippen LogP contribution in [0.25, 0.3) is 0 Å². The Bertz CT molecular complexity index is 367. The molecule has 1 atom stereocenters. The molecule has 0 aromatic heterocycles. The normalized spacial score (nSPS) is 17.9. The van der Waals surface area contributed by atoms with Crippen molar-refractivity contribution in [2.24, 2.45) is 0 Å². The fraction of sp³-hybridized carbons (Fsp3) is 0.632. The van der Waals surface area contributed by atoms with Gasteiger partial charge in [0.05, 0.1) is 6.10 Å². The third-order valence-electron chi connectivity index (χ3n) is 2.60. The first kappa shape index (κ1) is 23.7. The van der Waals surface area contributed by atoms with Gasteiger partial charge in [0.2, 0.25) is 0 Å². The van der Waals surface area contributed by atoms with Crippen LogP contribution in [0.3, 0.4) is 0 Å². The van der Waals surface area contributed by atoms with Crippen molar-refractivity contribution in [2.45, 2.75) is 66.1 Å². The van der Waals surface area contributed by atoms with Crippen molar-refractivity contribution in [1.82, 2.24) is 4.90 Å². The maximum absolute atomic E-state index is 11.6. The number of aliphatic hydroxyl groups is 1. The number of piperidine rings is 1. The molecule has 0 bridgehead atoms. The van der Waals surface area contributed by atoms with Crippen molar-refractivity contribution >= 4 is 6.09 Å². The minimum atomic E-state index is -0.459. The number of allylic oxidation sites excluding steroid dienone is 5. The zero-order valence-electron chi connectivity index (χ0n) is 15.7. The molecular weight excluding hydrogens is 290 g/mol. The second-order valence-electron chi connectivity index (χ2n) is 5.87. The molecule has 0 aromatic rings. The smallest absolute Gasteiger partial charge is 0.410 e. The Balaban J connectivity index is 0. The summed E-state index contributed by atoms with van der Waals surface area (Å²) in [5, 5.41) is 9.38. The molecule has 1 unspecified atom stereocenters. The molecule has 1 heterocycles. The van der Waals surface area contributed by atoms with Crippen LogP contribution in [-0.2, 0) is 4.74 Å². The minimum Gasteiger partial charge on any atom is -0.444 e. The quantitative estimate of drug-likeness (QED) is 0.748. The van der Waals surface area contributed by atoms with E-state index in [-0.39, 0.29) is 6.09 Å². The lowest BCUT2D eigenvalue weighted by Gasteiger charge is -2.32. The number of rotatable bonds is 2. The van der Waals surface area contributed by atoms with Crippen LogP contribution in [0.2, 0.25) is 0 Å². The molecule has 0 saturated carbocycles. The third kappa shape index (κ3) is 15.1. The molecule has 23 heavy (non-hydrogen) atoms. The molecule has 1 aliphatic rings. The maximum atomic E-state index is 11.6. The van der Waals surface area contributed by atoms with E-state index in [4.69, 9.17) is 4.74 Å². The van der Waals surface area contributed by atoms with Gasteiger partial charge in [0.1, 0.15) is 5.60 Å². The molecule has 1 N–H and O–H groups in total. The highest BCUT2D eigenvalue weighted by atomic mass is 16.6. The van der Waals surface area contributed by atoms with Crippen LogP contribution in [0.4, 0.5) is 4.79 Å². The maximum Gasteiger partial charge on any atom is 0.410 e. The number of β-amino-alcohol motifs (C(OH)–C–C–N with tert-alkyl or cyclic N) is 1. The summed E-state index contributed by atoms with van der Waals surface area (Å²) in [6.07, 6.45) is 10.4. The van der Waals surface area contributed by atoms with Crippen LogP contribution < -0.4 is 0 Å². The number of hydrogen-bond donors (Lipinski definition) is 1. The summed E-state index contributed by atoms with van der Waals surface area (Å²) in [6, 6.07) is 0. The predicted molar refractivity (Wildman–Crippen MR) is 98.5 cm³/mol. The van der Waals surface area contributed by atoms with E-state index in [0.717, 1.165) is 12.8 Å². The number of hydrogen-bond acceptors (Lipinski definition) is 3. The zero-order chi connectivity index (χ0) is 18.3. The Morgan fingerprint density at radius 2 is 1.87 bits per heavy atom. The minimum absolute atomic E-state index is 0.323. The van der Waals surface area contributed by atoms with E-state index in [2.05, 4.69) is 6.58 Å². The topological polar surface area (TPSA) is 49.8 Å². The highest BCUT2D eigenvalue weighted by molar-refractivity contribution is 5.68. The summed E-state index contributed by atoms with van der Waals surface area (Å²) < 4.78 is 5.20. The monoisotopic (exact) mass is 325 g/mol. The summed E-state index contributed by atoms with van der Waals surface area (Å²) in [7, 11) is 0. The Kier molecular flexibility index (Phi) is 14.5. The lowest BCUT2D eigenvalue weighted by molar-refractivity contribution is 0.00391. The molecule has 4 nitrogen and oxygen atoms in total. The van der Waals surface area contributed by atoms with Crippen LogP contribution in [0.1, 0.15) is 54.4 Å². The number of nitrogens with zero attached hydrogens (tertiary/aromatic N) is 1. The Hall–Kier alpha value is -1.55. The van der Waals surface area contributed by atoms with E-state index in [0.29, 0.717) is 13.1 Å². The predicted octanol–water partition coefficient (Wildman–Crippen LogP) is 4.71. The van der Waals surface area contributed by atoms with Gasteiger partial charge in [-0.2, -0.15) is 0 Å². The van der Waals surface area contributed by atoms with Crippen molar-refractivity contribution in [3.63, 3.8) is 0 Å². The van der Waals surface area contributed by atoms with Gasteiger partial charge in [0.15, 0.2) is 0 Å². The van der Waals surface area contributed by atoms with E-state index < -0.39 is 11.7 Å². The van der Waals surface area contributed by atoms with Crippen LogP contribution in [-0.4, -0.2) is 40.9 Å². The SMILES string of the molecule is C=C/C=C\C=C/C.CC.CC(C)(C)OC(=O)N1CCCC(O)C1. The molecule has 1 fully saturated rings. The van der Waals surface area contributed by atoms with E-state index in [9.17, 15) is 9.90 Å². The first-order chi connectivity index (χ1) is 10.8. The lowest BCUT2D eigenvalue weighted by atomic mass is 10.1. The summed E-state index contributed by atoms with van der Waals surface area (Å²) in [4.78, 5) is 13.1. The largest absolute Gasteiger partial charge is 0.444 e. The Morgan fingerprint density at radius 1 is 1.26 bits per heavy atom. The molecule has 1 rings (SSSR count). The van der Waals surface area contributed by atoms with Crippen LogP contribution >= 0.6 is 0 Å². The number of likely N-dealkylation sites (tertiary alicyclic amines) is 1. The van der Waals surface area contributed by atoms with Crippen LogP contribution in [0, 0.1) is 0 Å². The first-order valence-electron chi connectivity index (χ1n) is 8.36. The third-order valence-corrected chi connectivity index (χ3v) is 2.60. The number of carbonyl (C=O) groups is 1. The molecule has 4 heteroatoms. The van der Waals surface area contributed by atoms with Crippen LogP contribution in [0.5, 0.6) is 0 Å². The summed E-state index contributed by atoms with van der Waals surface area (Å²) in [5.41, 5.74) is -0.459. The molecule has 0 spiro atoms. The molecular formula is C19H35NO3. The Morgan fingerprint density at radius 3 is 2.30 bits per heavy atom. The van der Waals surface area contributed by atoms with Crippen molar-refractivity contribution in [3.8, 4) is 0 Å². The number of amides is 1. The van der Waals surface area contributed by atoms with E-state index in [1.165, 1.54) is 0 Å². The van der Waals surface area contributed by atoms with Gasteiger partial charge in [-0.25, -0.2) is 4.79 Å². The van der Waals surface area contributed by atoms with Gasteiger partial charge in [-0.15, -0.1) is 0 Å². The molecule has 0 aliphatic carbocycles.